The van der Waals surface area contributed by atoms with Gasteiger partial charge in [0.2, 0.25) is 0 Å². The molecule has 3 nitrogen and oxygen atoms in total. The highest BCUT2D eigenvalue weighted by molar-refractivity contribution is 5.94. The van der Waals surface area contributed by atoms with Crippen LogP contribution < -0.4 is 5.32 Å². The number of carbonyl (C=O) groups is 1. The van der Waals surface area contributed by atoms with E-state index in [-0.39, 0.29) is 11.1 Å². The van der Waals surface area contributed by atoms with E-state index in [0.717, 1.165) is 19.0 Å². The molecule has 4 heteroatoms. The molecule has 0 aliphatic heterocycles. The maximum atomic E-state index is 13.3. The van der Waals surface area contributed by atoms with E-state index in [0.29, 0.717) is 0 Å². The molecule has 0 aliphatic carbocycles. The van der Waals surface area contributed by atoms with Gasteiger partial charge >= 0.3 is 0 Å². The Hall–Kier alpha value is -1.45. The second kappa shape index (κ2) is 5.05. The molecule has 1 amide bonds. The molecule has 1 rings (SSSR count). The molecule has 1 N–H and O–H groups in total. The van der Waals surface area contributed by atoms with Crippen LogP contribution in [0.1, 0.15) is 44.0 Å². The van der Waals surface area contributed by atoms with Crippen LogP contribution in [0, 0.1) is 5.82 Å². The molecule has 0 fully saturated rings. The van der Waals surface area contributed by atoms with Crippen LogP contribution in [0.2, 0.25) is 0 Å². The smallest absolute Gasteiger partial charge is 0.254 e. The minimum absolute atomic E-state index is 0.0409. The Bertz CT molecular complexity index is 377. The molecule has 0 unspecified atom stereocenters. The van der Waals surface area contributed by atoms with E-state index in [4.69, 9.17) is 0 Å². The second-order valence-electron chi connectivity index (χ2n) is 4.44. The minimum atomic E-state index is -0.590. The fraction of sp³-hybridized carbons (Fsp3) is 0.500. The lowest BCUT2D eigenvalue weighted by atomic mass is 9.98. The van der Waals surface area contributed by atoms with E-state index >= 15 is 0 Å². The first-order valence-corrected chi connectivity index (χ1v) is 5.38. The van der Waals surface area contributed by atoms with E-state index in [1.165, 1.54) is 12.3 Å². The number of aromatic nitrogens is 1. The normalized spacial score (nSPS) is 11.2. The number of carbonyl (C=O) groups excluding carboxylic acids is 1. The topological polar surface area (TPSA) is 42.0 Å². The molecule has 16 heavy (non-hydrogen) atoms. The van der Waals surface area contributed by atoms with Gasteiger partial charge in [0.15, 0.2) is 5.82 Å². The van der Waals surface area contributed by atoms with Crippen LogP contribution in [0.25, 0.3) is 0 Å². The highest BCUT2D eigenvalue weighted by atomic mass is 19.1. The summed E-state index contributed by atoms with van der Waals surface area (Å²) < 4.78 is 13.3. The average Bonchev–Trinajstić information content (AvgIpc) is 2.17. The third-order valence-electron chi connectivity index (χ3n) is 2.34. The number of amides is 1. The average molecular weight is 224 g/mol. The summed E-state index contributed by atoms with van der Waals surface area (Å²) >= 11 is 0. The van der Waals surface area contributed by atoms with Gasteiger partial charge < -0.3 is 5.32 Å². The molecule has 0 aromatic carbocycles. The number of nitrogens with zero attached hydrogens (tertiary/aromatic N) is 1. The summed E-state index contributed by atoms with van der Waals surface area (Å²) in [5.41, 5.74) is -0.277. The van der Waals surface area contributed by atoms with Crippen LogP contribution in [-0.4, -0.2) is 16.4 Å². The largest absolute Gasteiger partial charge is 0.347 e. The summed E-state index contributed by atoms with van der Waals surface area (Å²) in [5.74, 6) is -0.981. The van der Waals surface area contributed by atoms with Crippen molar-refractivity contribution in [3.05, 3.63) is 29.8 Å². The van der Waals surface area contributed by atoms with E-state index in [2.05, 4.69) is 10.3 Å². The number of halogens is 1. The molecule has 1 heterocycles. The standard InChI is InChI=1S/C12H17FN2O/c1-4-6-12(2,3)15-11(16)9-5-7-14-8-10(9)13/h5,7-8H,4,6H2,1-3H3,(H,15,16). The number of nitrogens with one attached hydrogen (secondary N) is 1. The minimum Gasteiger partial charge on any atom is -0.347 e. The maximum absolute atomic E-state index is 13.3. The van der Waals surface area contributed by atoms with Crippen LogP contribution >= 0.6 is 0 Å². The van der Waals surface area contributed by atoms with Gasteiger partial charge in [0.05, 0.1) is 11.8 Å². The predicted molar refractivity (Wildman–Crippen MR) is 60.6 cm³/mol. The Morgan fingerprint density at radius 1 is 1.56 bits per heavy atom. The van der Waals surface area contributed by atoms with E-state index in [1.54, 1.807) is 0 Å². The third-order valence-corrected chi connectivity index (χ3v) is 2.34. The molecular weight excluding hydrogens is 207 g/mol. The lowest BCUT2D eigenvalue weighted by molar-refractivity contribution is 0.0904. The van der Waals surface area contributed by atoms with E-state index in [9.17, 15) is 9.18 Å². The molecule has 0 aliphatic rings. The van der Waals surface area contributed by atoms with Crippen molar-refractivity contribution in [1.29, 1.82) is 0 Å². The van der Waals surface area contributed by atoms with Gasteiger partial charge in [-0.2, -0.15) is 0 Å². The zero-order chi connectivity index (χ0) is 12.2. The molecule has 1 aromatic heterocycles. The molecule has 0 spiro atoms. The van der Waals surface area contributed by atoms with Crippen LogP contribution in [0.4, 0.5) is 4.39 Å². The van der Waals surface area contributed by atoms with Gasteiger partial charge in [-0.15, -0.1) is 0 Å². The molecule has 0 saturated carbocycles. The van der Waals surface area contributed by atoms with E-state index < -0.39 is 11.7 Å². The first-order valence-electron chi connectivity index (χ1n) is 5.38. The highest BCUT2D eigenvalue weighted by Crippen LogP contribution is 2.13. The lowest BCUT2D eigenvalue weighted by Gasteiger charge is -2.25. The van der Waals surface area contributed by atoms with E-state index in [1.807, 2.05) is 20.8 Å². The summed E-state index contributed by atoms with van der Waals surface area (Å²) in [6.07, 6.45) is 4.27. The molecule has 0 bridgehead atoms. The summed E-state index contributed by atoms with van der Waals surface area (Å²) in [5, 5.41) is 2.81. The fourth-order valence-corrected chi connectivity index (χ4v) is 1.62. The molecule has 0 saturated heterocycles. The molecule has 0 atom stereocenters. The van der Waals surface area contributed by atoms with Gasteiger partial charge in [-0.05, 0) is 26.3 Å². The zero-order valence-corrected chi connectivity index (χ0v) is 9.88. The first-order chi connectivity index (χ1) is 7.46. The van der Waals surface area contributed by atoms with Crippen LogP contribution in [0.15, 0.2) is 18.5 Å². The maximum Gasteiger partial charge on any atom is 0.254 e. The summed E-state index contributed by atoms with van der Waals surface area (Å²) in [7, 11) is 0. The molecule has 1 aromatic rings. The number of pyridine rings is 1. The zero-order valence-electron chi connectivity index (χ0n) is 9.88. The predicted octanol–water partition coefficient (Wildman–Crippen LogP) is 2.53. The van der Waals surface area contributed by atoms with Gasteiger partial charge in [-0.1, -0.05) is 13.3 Å². The molecular formula is C12H17FN2O. The summed E-state index contributed by atoms with van der Waals surface area (Å²) in [4.78, 5) is 15.4. The lowest BCUT2D eigenvalue weighted by Crippen LogP contribution is -2.43. The van der Waals surface area contributed by atoms with Crippen LogP contribution in [0.3, 0.4) is 0 Å². The van der Waals surface area contributed by atoms with Crippen LogP contribution in [0.5, 0.6) is 0 Å². The van der Waals surface area contributed by atoms with Crippen molar-refractivity contribution in [2.24, 2.45) is 0 Å². The van der Waals surface area contributed by atoms with Gasteiger partial charge in [0.1, 0.15) is 0 Å². The Kier molecular flexibility index (Phi) is 3.99. The quantitative estimate of drug-likeness (QED) is 0.853. The van der Waals surface area contributed by atoms with Crippen molar-refractivity contribution < 1.29 is 9.18 Å². The molecule has 88 valence electrons. The monoisotopic (exact) mass is 224 g/mol. The SMILES string of the molecule is CCCC(C)(C)NC(=O)c1ccncc1F. The van der Waals surface area contributed by atoms with Crippen molar-refractivity contribution in [2.45, 2.75) is 39.2 Å². The van der Waals surface area contributed by atoms with Gasteiger partial charge in [0.25, 0.3) is 5.91 Å². The number of hydrogen-bond acceptors (Lipinski definition) is 2. The Labute approximate surface area is 95.1 Å². The second-order valence-corrected chi connectivity index (χ2v) is 4.44. The first kappa shape index (κ1) is 12.6. The third kappa shape index (κ3) is 3.29. The van der Waals surface area contributed by atoms with Gasteiger partial charge in [0, 0.05) is 11.7 Å². The number of rotatable bonds is 4. The molecule has 0 radical (unpaired) electrons. The van der Waals surface area contributed by atoms with Gasteiger partial charge in [-0.3, -0.25) is 9.78 Å². The van der Waals surface area contributed by atoms with Crippen molar-refractivity contribution in [1.82, 2.24) is 10.3 Å². The Morgan fingerprint density at radius 2 is 2.25 bits per heavy atom. The highest BCUT2D eigenvalue weighted by Gasteiger charge is 2.21. The van der Waals surface area contributed by atoms with Crippen molar-refractivity contribution in [2.75, 3.05) is 0 Å². The Balaban J connectivity index is 2.77. The Morgan fingerprint density at radius 3 is 2.81 bits per heavy atom. The summed E-state index contributed by atoms with van der Waals surface area (Å²) in [6, 6.07) is 1.38. The summed E-state index contributed by atoms with van der Waals surface area (Å²) in [6.45, 7) is 5.89. The van der Waals surface area contributed by atoms with Gasteiger partial charge in [-0.25, -0.2) is 4.39 Å². The fourth-order valence-electron chi connectivity index (χ4n) is 1.62. The van der Waals surface area contributed by atoms with Crippen molar-refractivity contribution in [3.63, 3.8) is 0 Å². The van der Waals surface area contributed by atoms with Crippen molar-refractivity contribution >= 4 is 5.91 Å². The van der Waals surface area contributed by atoms with Crippen molar-refractivity contribution in [3.8, 4) is 0 Å². The van der Waals surface area contributed by atoms with Crippen LogP contribution in [-0.2, 0) is 0 Å². The number of hydrogen-bond donors (Lipinski definition) is 1.